The van der Waals surface area contributed by atoms with Crippen molar-refractivity contribution in [1.29, 1.82) is 0 Å². The number of nitrogens with one attached hydrogen (secondary N) is 1. The maximum absolute atomic E-state index is 4.63. The first-order valence-electron chi connectivity index (χ1n) is 9.62. The highest BCUT2D eigenvalue weighted by Crippen LogP contribution is 2.21. The quantitative estimate of drug-likeness (QED) is 0.707. The van der Waals surface area contributed by atoms with E-state index in [9.17, 15) is 0 Å². The number of aromatic nitrogens is 2. The van der Waals surface area contributed by atoms with E-state index in [2.05, 4.69) is 64.1 Å². The van der Waals surface area contributed by atoms with Crippen LogP contribution in [-0.4, -0.2) is 27.5 Å². The second-order valence-corrected chi connectivity index (χ2v) is 8.60. The Labute approximate surface area is 159 Å². The number of fused-ring (bicyclic) bond motifs is 1. The molecule has 1 saturated heterocycles. The molecule has 0 bridgehead atoms. The van der Waals surface area contributed by atoms with Gasteiger partial charge in [0.15, 0.2) is 0 Å². The lowest BCUT2D eigenvalue weighted by Crippen LogP contribution is -2.28. The second kappa shape index (κ2) is 7.91. The van der Waals surface area contributed by atoms with Crippen molar-refractivity contribution >= 4 is 22.4 Å². The van der Waals surface area contributed by atoms with E-state index in [1.807, 2.05) is 11.3 Å². The van der Waals surface area contributed by atoms with Crippen LogP contribution in [0.4, 0.5) is 0 Å². The number of likely N-dealkylation sites (tertiary alicyclic amines) is 1. The second-order valence-electron chi connectivity index (χ2n) is 7.35. The number of imidazole rings is 1. The Bertz CT molecular complexity index is 873. The number of thiophene rings is 1. The predicted octanol–water partition coefficient (Wildman–Crippen LogP) is 4.22. The van der Waals surface area contributed by atoms with E-state index in [0.717, 1.165) is 31.0 Å². The molecule has 3 heterocycles. The molecule has 1 aliphatic rings. The Balaban J connectivity index is 1.30. The van der Waals surface area contributed by atoms with E-state index in [-0.39, 0.29) is 0 Å². The van der Waals surface area contributed by atoms with Gasteiger partial charge in [0.1, 0.15) is 5.82 Å². The molecule has 4 rings (SSSR count). The van der Waals surface area contributed by atoms with Gasteiger partial charge in [0.05, 0.1) is 11.0 Å². The van der Waals surface area contributed by atoms with Crippen LogP contribution >= 0.6 is 11.3 Å². The van der Waals surface area contributed by atoms with Gasteiger partial charge in [-0.1, -0.05) is 12.5 Å². The summed E-state index contributed by atoms with van der Waals surface area (Å²) in [6, 6.07) is 11.2. The molecule has 0 atom stereocenters. The third-order valence-corrected chi connectivity index (χ3v) is 6.41. The van der Waals surface area contributed by atoms with Gasteiger partial charge in [0, 0.05) is 36.4 Å². The van der Waals surface area contributed by atoms with Crippen molar-refractivity contribution in [2.75, 3.05) is 13.1 Å². The zero-order valence-corrected chi connectivity index (χ0v) is 16.6. The number of hydrogen-bond acceptors (Lipinski definition) is 4. The molecule has 26 heavy (non-hydrogen) atoms. The highest BCUT2D eigenvalue weighted by Gasteiger charge is 2.11. The molecule has 0 unspecified atom stereocenters. The standard InChI is InChI=1S/C21H28N4S/c1-16-23-20-12-17(6-9-21(20)24(16)2)13-22-14-18-7-8-19(26-18)15-25-10-4-3-5-11-25/h6-9,12,22H,3-5,10-11,13-15H2,1-2H3. The van der Waals surface area contributed by atoms with Crippen LogP contribution in [0.15, 0.2) is 30.3 Å². The summed E-state index contributed by atoms with van der Waals surface area (Å²) in [5.41, 5.74) is 3.58. The molecule has 1 aromatic carbocycles. The molecule has 0 saturated carbocycles. The number of hydrogen-bond donors (Lipinski definition) is 1. The van der Waals surface area contributed by atoms with Crippen molar-refractivity contribution in [3.05, 3.63) is 51.5 Å². The molecule has 5 heteroatoms. The van der Waals surface area contributed by atoms with Crippen LogP contribution in [0, 0.1) is 6.92 Å². The summed E-state index contributed by atoms with van der Waals surface area (Å²) in [6.07, 6.45) is 4.12. The molecule has 3 aromatic rings. The zero-order valence-electron chi connectivity index (χ0n) is 15.8. The predicted molar refractivity (Wildman–Crippen MR) is 109 cm³/mol. The maximum Gasteiger partial charge on any atom is 0.106 e. The molecule has 1 N–H and O–H groups in total. The smallest absolute Gasteiger partial charge is 0.106 e. The third-order valence-electron chi connectivity index (χ3n) is 5.34. The number of nitrogens with zero attached hydrogens (tertiary/aromatic N) is 3. The molecule has 138 valence electrons. The van der Waals surface area contributed by atoms with Crippen molar-refractivity contribution in [3.8, 4) is 0 Å². The van der Waals surface area contributed by atoms with Gasteiger partial charge in [0.25, 0.3) is 0 Å². The summed E-state index contributed by atoms with van der Waals surface area (Å²) < 4.78 is 2.14. The minimum Gasteiger partial charge on any atom is -0.331 e. The van der Waals surface area contributed by atoms with Crippen LogP contribution in [0.25, 0.3) is 11.0 Å². The van der Waals surface area contributed by atoms with E-state index in [0.29, 0.717) is 0 Å². The lowest BCUT2D eigenvalue weighted by molar-refractivity contribution is 0.222. The molecule has 0 aliphatic carbocycles. The summed E-state index contributed by atoms with van der Waals surface area (Å²) >= 11 is 1.95. The minimum absolute atomic E-state index is 0.880. The maximum atomic E-state index is 4.63. The van der Waals surface area contributed by atoms with E-state index in [1.54, 1.807) is 0 Å². The summed E-state index contributed by atoms with van der Waals surface area (Å²) in [6.45, 7) is 7.52. The van der Waals surface area contributed by atoms with Crippen LogP contribution in [0.5, 0.6) is 0 Å². The van der Waals surface area contributed by atoms with Crippen molar-refractivity contribution in [2.24, 2.45) is 7.05 Å². The van der Waals surface area contributed by atoms with Crippen molar-refractivity contribution < 1.29 is 0 Å². The zero-order chi connectivity index (χ0) is 17.9. The van der Waals surface area contributed by atoms with Crippen LogP contribution in [-0.2, 0) is 26.7 Å². The summed E-state index contributed by atoms with van der Waals surface area (Å²) in [7, 11) is 2.07. The van der Waals surface area contributed by atoms with Crippen LogP contribution in [0.3, 0.4) is 0 Å². The fourth-order valence-corrected chi connectivity index (χ4v) is 4.78. The molecule has 0 amide bonds. The summed E-state index contributed by atoms with van der Waals surface area (Å²) in [4.78, 5) is 10.1. The first kappa shape index (κ1) is 17.7. The van der Waals surface area contributed by atoms with E-state index in [4.69, 9.17) is 0 Å². The summed E-state index contributed by atoms with van der Waals surface area (Å²) in [5.74, 6) is 1.06. The Kier molecular flexibility index (Phi) is 5.38. The van der Waals surface area contributed by atoms with Crippen molar-refractivity contribution in [3.63, 3.8) is 0 Å². The number of benzene rings is 1. The van der Waals surface area contributed by atoms with Gasteiger partial charge < -0.3 is 9.88 Å². The summed E-state index contributed by atoms with van der Waals surface area (Å²) in [5, 5.41) is 3.58. The Morgan fingerprint density at radius 3 is 2.69 bits per heavy atom. The number of piperidine rings is 1. The first-order valence-corrected chi connectivity index (χ1v) is 10.4. The average molecular weight is 369 g/mol. The van der Waals surface area contributed by atoms with Crippen molar-refractivity contribution in [2.45, 2.75) is 45.8 Å². The monoisotopic (exact) mass is 368 g/mol. The number of rotatable bonds is 6. The van der Waals surface area contributed by atoms with E-state index in [1.165, 1.54) is 53.2 Å². The Hall–Kier alpha value is -1.69. The first-order chi connectivity index (χ1) is 12.7. The van der Waals surface area contributed by atoms with E-state index >= 15 is 0 Å². The van der Waals surface area contributed by atoms with E-state index < -0.39 is 0 Å². The fraction of sp³-hybridized carbons (Fsp3) is 0.476. The average Bonchev–Trinajstić information content (AvgIpc) is 3.20. The van der Waals surface area contributed by atoms with Crippen LogP contribution < -0.4 is 5.32 Å². The highest BCUT2D eigenvalue weighted by molar-refractivity contribution is 7.11. The molecule has 0 spiro atoms. The largest absolute Gasteiger partial charge is 0.331 e. The lowest BCUT2D eigenvalue weighted by Gasteiger charge is -2.25. The third kappa shape index (κ3) is 4.00. The Morgan fingerprint density at radius 2 is 1.85 bits per heavy atom. The van der Waals surface area contributed by atoms with Gasteiger partial charge in [-0.15, -0.1) is 11.3 Å². The molecule has 2 aromatic heterocycles. The molecule has 1 fully saturated rings. The van der Waals surface area contributed by atoms with Crippen molar-refractivity contribution in [1.82, 2.24) is 19.8 Å². The molecule has 4 nitrogen and oxygen atoms in total. The minimum atomic E-state index is 0.880. The normalized spacial score (nSPS) is 15.8. The Morgan fingerprint density at radius 1 is 1.04 bits per heavy atom. The lowest BCUT2D eigenvalue weighted by atomic mass is 10.1. The van der Waals surface area contributed by atoms with Crippen LogP contribution in [0.2, 0.25) is 0 Å². The van der Waals surface area contributed by atoms with Gasteiger partial charge in [-0.3, -0.25) is 4.90 Å². The fourth-order valence-electron chi connectivity index (χ4n) is 3.75. The van der Waals surface area contributed by atoms with Gasteiger partial charge in [0.2, 0.25) is 0 Å². The highest BCUT2D eigenvalue weighted by atomic mass is 32.1. The molecular formula is C21H28N4S. The molecular weight excluding hydrogens is 340 g/mol. The number of aryl methyl sites for hydroxylation is 2. The van der Waals surface area contributed by atoms with Gasteiger partial charge >= 0.3 is 0 Å². The van der Waals surface area contributed by atoms with Crippen LogP contribution in [0.1, 0.15) is 40.4 Å². The SMILES string of the molecule is Cc1nc2cc(CNCc3ccc(CN4CCCCC4)s3)ccc2n1C. The van der Waals surface area contributed by atoms with Gasteiger partial charge in [-0.05, 0) is 62.7 Å². The van der Waals surface area contributed by atoms with Gasteiger partial charge in [-0.25, -0.2) is 4.98 Å². The molecule has 0 radical (unpaired) electrons. The van der Waals surface area contributed by atoms with Gasteiger partial charge in [-0.2, -0.15) is 0 Å². The topological polar surface area (TPSA) is 33.1 Å². The molecule has 1 aliphatic heterocycles.